The molecule has 2 heterocycles. The third kappa shape index (κ3) is 3.03. The van der Waals surface area contributed by atoms with Gasteiger partial charge in [0.15, 0.2) is 5.69 Å². The van der Waals surface area contributed by atoms with Gasteiger partial charge in [-0.15, -0.1) is 0 Å². The van der Waals surface area contributed by atoms with Crippen LogP contribution in [0.1, 0.15) is 11.3 Å². The summed E-state index contributed by atoms with van der Waals surface area (Å²) < 4.78 is 40.7. The minimum atomic E-state index is -4.54. The molecule has 5 nitrogen and oxygen atoms in total. The molecule has 0 saturated heterocycles. The van der Waals surface area contributed by atoms with Gasteiger partial charge < -0.3 is 5.32 Å². The van der Waals surface area contributed by atoms with Gasteiger partial charge in [-0.05, 0) is 17.7 Å². The van der Waals surface area contributed by atoms with E-state index in [0.29, 0.717) is 6.54 Å². The second kappa shape index (κ2) is 5.56. The van der Waals surface area contributed by atoms with Crippen LogP contribution in [0.2, 0.25) is 0 Å². The van der Waals surface area contributed by atoms with Gasteiger partial charge in [-0.3, -0.25) is 0 Å². The molecule has 22 heavy (non-hydrogen) atoms. The van der Waals surface area contributed by atoms with Crippen LogP contribution in [-0.4, -0.2) is 19.6 Å². The molecule has 114 valence electrons. The van der Waals surface area contributed by atoms with Crippen molar-refractivity contribution >= 4 is 27.5 Å². The number of benzene rings is 1. The lowest BCUT2D eigenvalue weighted by Gasteiger charge is -2.11. The Bertz CT molecular complexity index is 798. The second-order valence-electron chi connectivity index (χ2n) is 4.48. The fraction of sp³-hybridized carbons (Fsp3) is 0.154. The van der Waals surface area contributed by atoms with Crippen LogP contribution in [0.15, 0.2) is 41.1 Å². The first kappa shape index (κ1) is 14.8. The van der Waals surface area contributed by atoms with Gasteiger partial charge in [-0.25, -0.2) is 4.98 Å². The maximum atomic E-state index is 12.9. The van der Waals surface area contributed by atoms with E-state index < -0.39 is 11.9 Å². The van der Waals surface area contributed by atoms with E-state index >= 15 is 0 Å². The summed E-state index contributed by atoms with van der Waals surface area (Å²) in [7, 11) is 0. The highest BCUT2D eigenvalue weighted by Gasteiger charge is 2.34. The van der Waals surface area contributed by atoms with E-state index in [-0.39, 0.29) is 11.6 Å². The molecule has 3 aromatic rings. The second-order valence-corrected chi connectivity index (χ2v) is 5.39. The zero-order valence-electron chi connectivity index (χ0n) is 11.0. The van der Waals surface area contributed by atoms with Crippen LogP contribution in [0, 0.1) is 0 Å². The fourth-order valence-corrected chi connectivity index (χ4v) is 2.14. The number of nitrogens with one attached hydrogen (secondary N) is 1. The topological polar surface area (TPSA) is 55.1 Å². The first-order valence-electron chi connectivity index (χ1n) is 6.20. The molecule has 0 aliphatic carbocycles. The number of rotatable bonds is 3. The van der Waals surface area contributed by atoms with Crippen LogP contribution in [0.25, 0.3) is 5.78 Å². The summed E-state index contributed by atoms with van der Waals surface area (Å²) in [6, 6.07) is 8.36. The van der Waals surface area contributed by atoms with Crippen molar-refractivity contribution in [3.63, 3.8) is 0 Å². The Labute approximate surface area is 131 Å². The summed E-state index contributed by atoms with van der Waals surface area (Å²) in [5.41, 5.74) is -0.0897. The van der Waals surface area contributed by atoms with Gasteiger partial charge in [0.25, 0.3) is 5.78 Å². The number of halogens is 4. The molecular formula is C13H9BrF3N5. The van der Waals surface area contributed by atoms with Crippen LogP contribution < -0.4 is 5.32 Å². The summed E-state index contributed by atoms with van der Waals surface area (Å²) in [5.74, 6) is 0.0749. The summed E-state index contributed by atoms with van der Waals surface area (Å²) in [5, 5.41) is 6.80. The number of hydrogen-bond acceptors (Lipinski definition) is 4. The third-order valence-corrected chi connectivity index (χ3v) is 3.46. The minimum absolute atomic E-state index is 0.104. The fourth-order valence-electron chi connectivity index (χ4n) is 1.88. The molecule has 0 radical (unpaired) electrons. The Morgan fingerprint density at radius 3 is 2.59 bits per heavy atom. The molecule has 0 spiro atoms. The summed E-state index contributed by atoms with van der Waals surface area (Å²) >= 11 is 3.32. The summed E-state index contributed by atoms with van der Waals surface area (Å²) in [6.45, 7) is 0.351. The molecule has 2 aromatic heterocycles. The first-order chi connectivity index (χ1) is 10.4. The first-order valence-corrected chi connectivity index (χ1v) is 6.99. The van der Waals surface area contributed by atoms with Crippen molar-refractivity contribution in [2.24, 2.45) is 0 Å². The molecule has 0 unspecified atom stereocenters. The monoisotopic (exact) mass is 371 g/mol. The van der Waals surface area contributed by atoms with E-state index in [1.54, 1.807) is 0 Å². The highest BCUT2D eigenvalue weighted by atomic mass is 79.9. The smallest absolute Gasteiger partial charge is 0.366 e. The molecule has 3 rings (SSSR count). The standard InChI is InChI=1S/C13H9BrF3N5/c14-9-3-1-8(2-4-9)6-18-11-5-10(13(15,16)17)21-12-19-7-20-22(11)12/h1-5,7,18H,6H2. The van der Waals surface area contributed by atoms with Crippen LogP contribution in [0.4, 0.5) is 19.0 Å². The van der Waals surface area contributed by atoms with Crippen molar-refractivity contribution in [1.29, 1.82) is 0 Å². The van der Waals surface area contributed by atoms with Crippen molar-refractivity contribution in [1.82, 2.24) is 19.6 Å². The number of fused-ring (bicyclic) bond motifs is 1. The molecule has 0 saturated carbocycles. The predicted molar refractivity (Wildman–Crippen MR) is 77.3 cm³/mol. The van der Waals surface area contributed by atoms with E-state index in [2.05, 4.69) is 36.3 Å². The van der Waals surface area contributed by atoms with E-state index in [9.17, 15) is 13.2 Å². The molecule has 0 fully saturated rings. The van der Waals surface area contributed by atoms with Gasteiger partial charge in [-0.2, -0.15) is 27.8 Å². The number of aromatic nitrogens is 4. The van der Waals surface area contributed by atoms with Crippen molar-refractivity contribution in [2.45, 2.75) is 12.7 Å². The number of nitrogens with zero attached hydrogens (tertiary/aromatic N) is 4. The lowest BCUT2D eigenvalue weighted by atomic mass is 10.2. The highest BCUT2D eigenvalue weighted by Crippen LogP contribution is 2.29. The largest absolute Gasteiger partial charge is 0.433 e. The molecule has 0 bridgehead atoms. The van der Waals surface area contributed by atoms with Crippen LogP contribution in [-0.2, 0) is 12.7 Å². The Morgan fingerprint density at radius 2 is 1.91 bits per heavy atom. The minimum Gasteiger partial charge on any atom is -0.366 e. The molecule has 0 aliphatic rings. The van der Waals surface area contributed by atoms with E-state index in [4.69, 9.17) is 0 Å². The SMILES string of the molecule is FC(F)(F)c1cc(NCc2ccc(Br)cc2)n2ncnc2n1. The summed E-state index contributed by atoms with van der Waals surface area (Å²) in [6.07, 6.45) is -3.38. The Kier molecular flexibility index (Phi) is 3.73. The van der Waals surface area contributed by atoms with Crippen molar-refractivity contribution < 1.29 is 13.2 Å². The van der Waals surface area contributed by atoms with Crippen molar-refractivity contribution in [2.75, 3.05) is 5.32 Å². The van der Waals surface area contributed by atoms with Crippen LogP contribution in [0.5, 0.6) is 0 Å². The Hall–Kier alpha value is -2.16. The van der Waals surface area contributed by atoms with Crippen molar-refractivity contribution in [3.05, 3.63) is 52.4 Å². The van der Waals surface area contributed by atoms with E-state index in [1.807, 2.05) is 24.3 Å². The number of alkyl halides is 3. The summed E-state index contributed by atoms with van der Waals surface area (Å²) in [4.78, 5) is 7.17. The van der Waals surface area contributed by atoms with Gasteiger partial charge in [-0.1, -0.05) is 28.1 Å². The molecule has 0 aliphatic heterocycles. The molecular weight excluding hydrogens is 363 g/mol. The zero-order valence-corrected chi connectivity index (χ0v) is 12.6. The Balaban J connectivity index is 1.92. The van der Waals surface area contributed by atoms with E-state index in [1.165, 1.54) is 4.52 Å². The molecule has 0 amide bonds. The normalized spacial score (nSPS) is 11.8. The molecule has 1 N–H and O–H groups in total. The zero-order chi connectivity index (χ0) is 15.7. The van der Waals surface area contributed by atoms with Gasteiger partial charge in [0, 0.05) is 17.1 Å². The Morgan fingerprint density at radius 1 is 1.18 bits per heavy atom. The average Bonchev–Trinajstić information content (AvgIpc) is 2.94. The molecule has 0 atom stereocenters. The molecule has 9 heteroatoms. The van der Waals surface area contributed by atoms with Crippen molar-refractivity contribution in [3.8, 4) is 0 Å². The molecule has 1 aromatic carbocycles. The van der Waals surface area contributed by atoms with Gasteiger partial charge in [0.05, 0.1) is 0 Å². The lowest BCUT2D eigenvalue weighted by molar-refractivity contribution is -0.141. The van der Waals surface area contributed by atoms with E-state index in [0.717, 1.165) is 22.4 Å². The van der Waals surface area contributed by atoms with Gasteiger partial charge in [0.1, 0.15) is 12.1 Å². The van der Waals surface area contributed by atoms with Crippen LogP contribution in [0.3, 0.4) is 0 Å². The third-order valence-electron chi connectivity index (χ3n) is 2.93. The quantitative estimate of drug-likeness (QED) is 0.765. The highest BCUT2D eigenvalue weighted by molar-refractivity contribution is 9.10. The lowest BCUT2D eigenvalue weighted by Crippen LogP contribution is -2.13. The van der Waals surface area contributed by atoms with Gasteiger partial charge in [0.2, 0.25) is 0 Å². The number of hydrogen-bond donors (Lipinski definition) is 1. The number of anilines is 1. The maximum Gasteiger partial charge on any atom is 0.433 e. The average molecular weight is 372 g/mol. The van der Waals surface area contributed by atoms with Crippen LogP contribution >= 0.6 is 15.9 Å². The van der Waals surface area contributed by atoms with Gasteiger partial charge >= 0.3 is 6.18 Å². The predicted octanol–water partition coefficient (Wildman–Crippen LogP) is 3.52. The maximum absolute atomic E-state index is 12.9.